The monoisotopic (exact) mass is 472 g/mol. The minimum absolute atomic E-state index is 0.0210. The Hall–Kier alpha value is -1.38. The zero-order valence-corrected chi connectivity index (χ0v) is 21.6. The molecule has 0 bridgehead atoms. The molecule has 34 heavy (non-hydrogen) atoms. The molecule has 3 unspecified atom stereocenters. The van der Waals surface area contributed by atoms with Crippen molar-refractivity contribution >= 4 is 5.57 Å². The van der Waals surface area contributed by atoms with E-state index in [2.05, 4.69) is 19.9 Å². The fourth-order valence-corrected chi connectivity index (χ4v) is 7.02. The van der Waals surface area contributed by atoms with Gasteiger partial charge in [0.25, 0.3) is 0 Å². The first-order valence-electron chi connectivity index (χ1n) is 14.4. The number of ether oxygens (including phenoxy) is 1. The van der Waals surface area contributed by atoms with Crippen molar-refractivity contribution in [3.8, 4) is 5.75 Å². The van der Waals surface area contributed by atoms with Crippen molar-refractivity contribution in [1.82, 2.24) is 0 Å². The van der Waals surface area contributed by atoms with E-state index in [1.165, 1.54) is 64.2 Å². The molecule has 3 heteroatoms. The van der Waals surface area contributed by atoms with Gasteiger partial charge in [-0.15, -0.1) is 0 Å². The Labute approximate surface area is 206 Å². The second-order valence-corrected chi connectivity index (χ2v) is 11.5. The summed E-state index contributed by atoms with van der Waals surface area (Å²) in [5.41, 5.74) is 1.43. The first-order valence-corrected chi connectivity index (χ1v) is 14.4. The van der Waals surface area contributed by atoms with Crippen LogP contribution in [0.5, 0.6) is 5.75 Å². The van der Waals surface area contributed by atoms with E-state index >= 15 is 4.39 Å². The third kappa shape index (κ3) is 6.43. The molecule has 3 atom stereocenters. The van der Waals surface area contributed by atoms with Crippen molar-refractivity contribution in [2.24, 2.45) is 23.7 Å². The summed E-state index contributed by atoms with van der Waals surface area (Å²) in [5.74, 6) is 1.71. The molecule has 1 aromatic carbocycles. The second kappa shape index (κ2) is 12.5. The molecule has 0 heterocycles. The van der Waals surface area contributed by atoms with Gasteiger partial charge in [-0.25, -0.2) is 4.39 Å². The number of halogens is 2. The van der Waals surface area contributed by atoms with Gasteiger partial charge in [0.1, 0.15) is 0 Å². The SMILES string of the molecule is CCCCCC1CCC(C2CC=C(c3ccc(OC4CCC(CCC)C4)c(F)c3F)CC2)CC1. The van der Waals surface area contributed by atoms with Gasteiger partial charge in [-0.3, -0.25) is 0 Å². The van der Waals surface area contributed by atoms with E-state index < -0.39 is 11.6 Å². The molecule has 0 N–H and O–H groups in total. The molecule has 1 nitrogen and oxygen atoms in total. The van der Waals surface area contributed by atoms with Crippen LogP contribution in [0, 0.1) is 35.3 Å². The van der Waals surface area contributed by atoms with Crippen LogP contribution in [0.25, 0.3) is 5.57 Å². The molecule has 3 aliphatic rings. The van der Waals surface area contributed by atoms with Crippen molar-refractivity contribution in [2.45, 2.75) is 123 Å². The summed E-state index contributed by atoms with van der Waals surface area (Å²) in [4.78, 5) is 0. The van der Waals surface area contributed by atoms with Gasteiger partial charge >= 0.3 is 0 Å². The average Bonchev–Trinajstić information content (AvgIpc) is 3.30. The van der Waals surface area contributed by atoms with Crippen LogP contribution in [0.1, 0.15) is 122 Å². The van der Waals surface area contributed by atoms with E-state index in [1.807, 2.05) is 0 Å². The van der Waals surface area contributed by atoms with Gasteiger partial charge in [0.05, 0.1) is 6.10 Å². The lowest BCUT2D eigenvalue weighted by Crippen LogP contribution is -2.23. The third-order valence-electron chi connectivity index (χ3n) is 9.10. The number of hydrogen-bond donors (Lipinski definition) is 0. The highest BCUT2D eigenvalue weighted by Gasteiger charge is 2.30. The molecule has 0 aliphatic heterocycles. The standard InChI is InChI=1S/C31H46F2O/c1-3-5-6-8-22-9-12-24(13-10-22)25-14-16-26(17-15-25)28-19-20-29(31(33)30(28)32)34-27-18-11-23(21-27)7-4-2/h16,19-20,22-25,27H,3-15,17-18,21H2,1-2H3. The Bertz CT molecular complexity index is 808. The summed E-state index contributed by atoms with van der Waals surface area (Å²) in [5, 5.41) is 0. The molecular formula is C31H46F2O. The summed E-state index contributed by atoms with van der Waals surface area (Å²) >= 11 is 0. The number of allylic oxidation sites excluding steroid dienone is 2. The fourth-order valence-electron chi connectivity index (χ4n) is 7.02. The summed E-state index contributed by atoms with van der Waals surface area (Å²) in [7, 11) is 0. The lowest BCUT2D eigenvalue weighted by atomic mass is 9.70. The van der Waals surface area contributed by atoms with Gasteiger partial charge in [-0.1, -0.05) is 71.3 Å². The number of unbranched alkanes of at least 4 members (excludes halogenated alkanes) is 2. The van der Waals surface area contributed by atoms with Crippen LogP contribution in [0.4, 0.5) is 8.78 Å². The largest absolute Gasteiger partial charge is 0.487 e. The predicted octanol–water partition coefficient (Wildman–Crippen LogP) is 9.88. The maximum atomic E-state index is 15.0. The van der Waals surface area contributed by atoms with E-state index in [1.54, 1.807) is 12.1 Å². The van der Waals surface area contributed by atoms with Crippen LogP contribution in [0.2, 0.25) is 0 Å². The Balaban J connectivity index is 1.30. The Morgan fingerprint density at radius 3 is 2.29 bits per heavy atom. The van der Waals surface area contributed by atoms with Gasteiger partial charge in [-0.05, 0) is 92.7 Å². The summed E-state index contributed by atoms with van der Waals surface area (Å²) in [6.07, 6.45) is 21.6. The zero-order chi connectivity index (χ0) is 23.9. The van der Waals surface area contributed by atoms with Gasteiger partial charge in [-0.2, -0.15) is 4.39 Å². The fraction of sp³-hybridized carbons (Fsp3) is 0.742. The van der Waals surface area contributed by atoms with Crippen LogP contribution >= 0.6 is 0 Å². The van der Waals surface area contributed by atoms with Crippen molar-refractivity contribution in [1.29, 1.82) is 0 Å². The van der Waals surface area contributed by atoms with E-state index in [4.69, 9.17) is 4.74 Å². The van der Waals surface area contributed by atoms with E-state index in [0.29, 0.717) is 17.4 Å². The normalized spacial score (nSPS) is 29.8. The molecule has 190 valence electrons. The van der Waals surface area contributed by atoms with Crippen molar-refractivity contribution < 1.29 is 13.5 Å². The van der Waals surface area contributed by atoms with Crippen LogP contribution in [0.15, 0.2) is 18.2 Å². The molecule has 3 aliphatic carbocycles. The molecular weight excluding hydrogens is 426 g/mol. The predicted molar refractivity (Wildman–Crippen MR) is 138 cm³/mol. The lowest BCUT2D eigenvalue weighted by molar-refractivity contribution is 0.187. The maximum absolute atomic E-state index is 15.0. The van der Waals surface area contributed by atoms with Crippen molar-refractivity contribution in [2.75, 3.05) is 0 Å². The molecule has 0 aromatic heterocycles. The number of hydrogen-bond acceptors (Lipinski definition) is 1. The Kier molecular flexibility index (Phi) is 9.48. The molecule has 4 rings (SSSR count). The molecule has 0 spiro atoms. The zero-order valence-electron chi connectivity index (χ0n) is 21.6. The lowest BCUT2D eigenvalue weighted by Gasteiger charge is -2.35. The van der Waals surface area contributed by atoms with Gasteiger partial charge < -0.3 is 4.74 Å². The maximum Gasteiger partial charge on any atom is 0.201 e. The van der Waals surface area contributed by atoms with Crippen LogP contribution in [-0.2, 0) is 0 Å². The van der Waals surface area contributed by atoms with Gasteiger partial charge in [0.2, 0.25) is 5.82 Å². The molecule has 0 amide bonds. The molecule has 0 saturated heterocycles. The smallest absolute Gasteiger partial charge is 0.201 e. The van der Waals surface area contributed by atoms with Crippen LogP contribution in [0.3, 0.4) is 0 Å². The summed E-state index contributed by atoms with van der Waals surface area (Å²) in [6, 6.07) is 3.41. The van der Waals surface area contributed by atoms with Crippen LogP contribution < -0.4 is 4.74 Å². The second-order valence-electron chi connectivity index (χ2n) is 11.5. The number of rotatable bonds is 10. The third-order valence-corrected chi connectivity index (χ3v) is 9.10. The quantitative estimate of drug-likeness (QED) is 0.308. The van der Waals surface area contributed by atoms with E-state index in [0.717, 1.165) is 55.9 Å². The highest BCUT2D eigenvalue weighted by Crippen LogP contribution is 2.43. The first kappa shape index (κ1) is 25.7. The number of benzene rings is 1. The van der Waals surface area contributed by atoms with Crippen molar-refractivity contribution in [3.05, 3.63) is 35.4 Å². The highest BCUT2D eigenvalue weighted by molar-refractivity contribution is 5.67. The molecule has 0 radical (unpaired) electrons. The average molecular weight is 473 g/mol. The molecule has 2 fully saturated rings. The van der Waals surface area contributed by atoms with E-state index in [9.17, 15) is 4.39 Å². The molecule has 2 saturated carbocycles. The topological polar surface area (TPSA) is 9.23 Å². The van der Waals surface area contributed by atoms with Gasteiger partial charge in [0.15, 0.2) is 11.6 Å². The Morgan fingerprint density at radius 1 is 0.794 bits per heavy atom. The summed E-state index contributed by atoms with van der Waals surface area (Å²) in [6.45, 7) is 4.48. The van der Waals surface area contributed by atoms with E-state index in [-0.39, 0.29) is 11.9 Å². The van der Waals surface area contributed by atoms with Crippen molar-refractivity contribution in [3.63, 3.8) is 0 Å². The van der Waals surface area contributed by atoms with Crippen LogP contribution in [-0.4, -0.2) is 6.10 Å². The Morgan fingerprint density at radius 2 is 1.59 bits per heavy atom. The first-order chi connectivity index (χ1) is 16.6. The minimum atomic E-state index is -0.805. The summed E-state index contributed by atoms with van der Waals surface area (Å²) < 4.78 is 35.9. The molecule has 1 aromatic rings. The minimum Gasteiger partial charge on any atom is -0.487 e. The van der Waals surface area contributed by atoms with Gasteiger partial charge in [0, 0.05) is 5.56 Å². The highest BCUT2D eigenvalue weighted by atomic mass is 19.2.